The van der Waals surface area contributed by atoms with E-state index in [1.54, 1.807) is 13.2 Å². The molecular weight excluding hydrogens is 266 g/mol. The van der Waals surface area contributed by atoms with Gasteiger partial charge in [0.05, 0.1) is 7.11 Å². The van der Waals surface area contributed by atoms with Gasteiger partial charge >= 0.3 is 5.97 Å². The molecule has 0 amide bonds. The predicted molar refractivity (Wildman–Crippen MR) is 82.9 cm³/mol. The van der Waals surface area contributed by atoms with Crippen molar-refractivity contribution in [3.05, 3.63) is 59.2 Å². The first-order valence-corrected chi connectivity index (χ1v) is 6.72. The number of ether oxygens (including phenoxy) is 1. The number of methoxy groups -OCH3 is 1. The number of carboxylic acid groups (broad SMARTS) is 1. The van der Waals surface area contributed by atoms with Crippen molar-refractivity contribution in [1.82, 2.24) is 0 Å². The SMILES string of the molecule is COc1cccc(NC(C(=O)O)c2c(C)cccc2C)c1. The molecule has 0 aliphatic rings. The van der Waals surface area contributed by atoms with E-state index in [9.17, 15) is 9.90 Å². The van der Waals surface area contributed by atoms with Crippen LogP contribution in [0.2, 0.25) is 0 Å². The van der Waals surface area contributed by atoms with E-state index in [0.29, 0.717) is 11.4 Å². The highest BCUT2D eigenvalue weighted by molar-refractivity contribution is 5.80. The summed E-state index contributed by atoms with van der Waals surface area (Å²) in [5, 5.41) is 12.6. The highest BCUT2D eigenvalue weighted by Crippen LogP contribution is 2.27. The van der Waals surface area contributed by atoms with Gasteiger partial charge in [0, 0.05) is 11.8 Å². The van der Waals surface area contributed by atoms with Crippen molar-refractivity contribution in [3.63, 3.8) is 0 Å². The molecule has 0 spiro atoms. The van der Waals surface area contributed by atoms with Crippen LogP contribution in [0.4, 0.5) is 5.69 Å². The Morgan fingerprint density at radius 2 is 1.76 bits per heavy atom. The fourth-order valence-electron chi connectivity index (χ4n) is 2.42. The summed E-state index contributed by atoms with van der Waals surface area (Å²) in [7, 11) is 1.58. The minimum Gasteiger partial charge on any atom is -0.497 e. The number of carbonyl (C=O) groups is 1. The van der Waals surface area contributed by atoms with E-state index in [1.807, 2.05) is 50.2 Å². The lowest BCUT2D eigenvalue weighted by atomic mass is 9.96. The van der Waals surface area contributed by atoms with E-state index >= 15 is 0 Å². The van der Waals surface area contributed by atoms with Crippen LogP contribution in [-0.2, 0) is 4.79 Å². The fraction of sp³-hybridized carbons (Fsp3) is 0.235. The highest BCUT2D eigenvalue weighted by Gasteiger charge is 2.23. The van der Waals surface area contributed by atoms with Crippen molar-refractivity contribution in [2.75, 3.05) is 12.4 Å². The van der Waals surface area contributed by atoms with Crippen molar-refractivity contribution in [2.24, 2.45) is 0 Å². The van der Waals surface area contributed by atoms with Crippen LogP contribution in [0.15, 0.2) is 42.5 Å². The summed E-state index contributed by atoms with van der Waals surface area (Å²) in [6.45, 7) is 3.84. The molecule has 4 heteroatoms. The standard InChI is InChI=1S/C17H19NO3/c1-11-6-4-7-12(2)15(11)16(17(19)20)18-13-8-5-9-14(10-13)21-3/h4-10,16,18H,1-3H3,(H,19,20). The van der Waals surface area contributed by atoms with E-state index in [-0.39, 0.29) is 0 Å². The molecule has 1 atom stereocenters. The van der Waals surface area contributed by atoms with Crippen molar-refractivity contribution >= 4 is 11.7 Å². The molecule has 21 heavy (non-hydrogen) atoms. The molecular formula is C17H19NO3. The van der Waals surface area contributed by atoms with Gasteiger partial charge in [0.2, 0.25) is 0 Å². The van der Waals surface area contributed by atoms with Gasteiger partial charge in [-0.3, -0.25) is 0 Å². The Labute approximate surface area is 124 Å². The van der Waals surface area contributed by atoms with Crippen LogP contribution < -0.4 is 10.1 Å². The molecule has 0 fully saturated rings. The maximum Gasteiger partial charge on any atom is 0.330 e. The average molecular weight is 285 g/mol. The highest BCUT2D eigenvalue weighted by atomic mass is 16.5. The Kier molecular flexibility index (Phi) is 4.48. The number of carboxylic acids is 1. The van der Waals surface area contributed by atoms with E-state index in [1.165, 1.54) is 0 Å². The molecule has 0 aliphatic heterocycles. The summed E-state index contributed by atoms with van der Waals surface area (Å²) in [5.74, 6) is -0.221. The molecule has 0 bridgehead atoms. The second-order valence-electron chi connectivity index (χ2n) is 4.95. The summed E-state index contributed by atoms with van der Waals surface area (Å²) in [4.78, 5) is 11.7. The molecule has 110 valence electrons. The van der Waals surface area contributed by atoms with Crippen LogP contribution in [0.25, 0.3) is 0 Å². The van der Waals surface area contributed by atoms with Gasteiger partial charge in [-0.25, -0.2) is 4.79 Å². The lowest BCUT2D eigenvalue weighted by Gasteiger charge is -2.20. The van der Waals surface area contributed by atoms with E-state index in [2.05, 4.69) is 5.32 Å². The zero-order valence-corrected chi connectivity index (χ0v) is 12.4. The molecule has 0 radical (unpaired) electrons. The van der Waals surface area contributed by atoms with Gasteiger partial charge in [0.15, 0.2) is 6.04 Å². The smallest absolute Gasteiger partial charge is 0.330 e. The summed E-state index contributed by atoms with van der Waals surface area (Å²) < 4.78 is 5.16. The number of benzene rings is 2. The van der Waals surface area contributed by atoms with Crippen molar-refractivity contribution in [1.29, 1.82) is 0 Å². The van der Waals surface area contributed by atoms with Gasteiger partial charge in [-0.05, 0) is 42.7 Å². The second-order valence-corrected chi connectivity index (χ2v) is 4.95. The Bertz CT molecular complexity index is 632. The number of rotatable bonds is 5. The van der Waals surface area contributed by atoms with Gasteiger partial charge in [-0.15, -0.1) is 0 Å². The Balaban J connectivity index is 2.38. The molecule has 0 aromatic heterocycles. The quantitative estimate of drug-likeness (QED) is 0.882. The molecule has 2 aromatic carbocycles. The minimum absolute atomic E-state index is 0.686. The van der Waals surface area contributed by atoms with Gasteiger partial charge in [-0.2, -0.15) is 0 Å². The monoisotopic (exact) mass is 285 g/mol. The number of aliphatic carboxylic acids is 1. The third kappa shape index (κ3) is 3.34. The van der Waals surface area contributed by atoms with Crippen LogP contribution in [0.1, 0.15) is 22.7 Å². The molecule has 1 unspecified atom stereocenters. The maximum atomic E-state index is 11.7. The molecule has 2 N–H and O–H groups in total. The first kappa shape index (κ1) is 14.9. The van der Waals surface area contributed by atoms with Gasteiger partial charge in [0.25, 0.3) is 0 Å². The molecule has 2 rings (SSSR count). The third-order valence-electron chi connectivity index (χ3n) is 3.46. The first-order valence-electron chi connectivity index (χ1n) is 6.72. The number of nitrogens with one attached hydrogen (secondary N) is 1. The molecule has 0 aliphatic carbocycles. The van der Waals surface area contributed by atoms with Crippen LogP contribution in [0.5, 0.6) is 5.75 Å². The van der Waals surface area contributed by atoms with E-state index in [4.69, 9.17) is 4.74 Å². The Hall–Kier alpha value is -2.49. The third-order valence-corrected chi connectivity index (χ3v) is 3.46. The Morgan fingerprint density at radius 3 is 2.33 bits per heavy atom. The Morgan fingerprint density at radius 1 is 1.14 bits per heavy atom. The lowest BCUT2D eigenvalue weighted by Crippen LogP contribution is -2.22. The first-order chi connectivity index (χ1) is 10.0. The average Bonchev–Trinajstić information content (AvgIpc) is 2.46. The number of anilines is 1. The van der Waals surface area contributed by atoms with Gasteiger partial charge < -0.3 is 15.2 Å². The predicted octanol–water partition coefficient (Wildman–Crippen LogP) is 3.55. The largest absolute Gasteiger partial charge is 0.497 e. The normalized spacial score (nSPS) is 11.8. The number of hydrogen-bond donors (Lipinski definition) is 2. The fourth-order valence-corrected chi connectivity index (χ4v) is 2.42. The lowest BCUT2D eigenvalue weighted by molar-refractivity contribution is -0.138. The van der Waals surface area contributed by atoms with Crippen molar-refractivity contribution < 1.29 is 14.6 Å². The molecule has 0 saturated carbocycles. The summed E-state index contributed by atoms with van der Waals surface area (Å²) in [5.41, 5.74) is 3.42. The molecule has 2 aromatic rings. The van der Waals surface area contributed by atoms with Gasteiger partial charge in [0.1, 0.15) is 5.75 Å². The van der Waals surface area contributed by atoms with Crippen molar-refractivity contribution in [3.8, 4) is 5.75 Å². The molecule has 4 nitrogen and oxygen atoms in total. The van der Waals surface area contributed by atoms with Crippen LogP contribution in [0.3, 0.4) is 0 Å². The van der Waals surface area contributed by atoms with E-state index in [0.717, 1.165) is 16.7 Å². The zero-order valence-electron chi connectivity index (χ0n) is 12.4. The van der Waals surface area contributed by atoms with Crippen LogP contribution >= 0.6 is 0 Å². The van der Waals surface area contributed by atoms with Crippen LogP contribution in [0, 0.1) is 13.8 Å². The van der Waals surface area contributed by atoms with Crippen molar-refractivity contribution in [2.45, 2.75) is 19.9 Å². The van der Waals surface area contributed by atoms with Gasteiger partial charge in [-0.1, -0.05) is 24.3 Å². The number of aryl methyl sites for hydroxylation is 2. The summed E-state index contributed by atoms with van der Waals surface area (Å²) in [6, 6.07) is 12.2. The minimum atomic E-state index is -0.907. The number of hydrogen-bond acceptors (Lipinski definition) is 3. The summed E-state index contributed by atoms with van der Waals surface area (Å²) >= 11 is 0. The topological polar surface area (TPSA) is 58.6 Å². The second kappa shape index (κ2) is 6.31. The zero-order chi connectivity index (χ0) is 15.4. The molecule has 0 heterocycles. The van der Waals surface area contributed by atoms with Crippen LogP contribution in [-0.4, -0.2) is 18.2 Å². The maximum absolute atomic E-state index is 11.7. The molecule has 0 saturated heterocycles. The summed E-state index contributed by atoms with van der Waals surface area (Å²) in [6.07, 6.45) is 0. The van der Waals surface area contributed by atoms with E-state index < -0.39 is 12.0 Å².